The van der Waals surface area contributed by atoms with Crippen LogP contribution in [0.1, 0.15) is 32.7 Å². The molecule has 1 aromatic heterocycles. The van der Waals surface area contributed by atoms with Gasteiger partial charge < -0.3 is 5.73 Å². The van der Waals surface area contributed by atoms with Crippen LogP contribution in [-0.4, -0.2) is 15.3 Å². The van der Waals surface area contributed by atoms with E-state index in [2.05, 4.69) is 24.0 Å². The minimum absolute atomic E-state index is 0.125. The predicted octanol–water partition coefficient (Wildman–Crippen LogP) is 3.61. The number of anilines is 1. The third-order valence-corrected chi connectivity index (χ3v) is 3.92. The van der Waals surface area contributed by atoms with E-state index in [-0.39, 0.29) is 11.6 Å². The van der Waals surface area contributed by atoms with E-state index in [1.807, 2.05) is 32.0 Å². The molecule has 0 fully saturated rings. The Morgan fingerprint density at radius 2 is 1.65 bits per heavy atom. The summed E-state index contributed by atoms with van der Waals surface area (Å²) >= 11 is 0. The molecule has 4 nitrogen and oxygen atoms in total. The summed E-state index contributed by atoms with van der Waals surface area (Å²) in [5, 5.41) is 0. The number of nitrogen functional groups attached to an aromatic ring is 1. The largest absolute Gasteiger partial charge is 0.382 e. The van der Waals surface area contributed by atoms with Crippen molar-refractivity contribution in [2.24, 2.45) is 0 Å². The van der Waals surface area contributed by atoms with Crippen molar-refractivity contribution in [2.45, 2.75) is 20.8 Å². The smallest absolute Gasteiger partial charge is 0.213 e. The molecule has 0 amide bonds. The van der Waals surface area contributed by atoms with Gasteiger partial charge in [-0.1, -0.05) is 48.0 Å². The molecule has 0 bridgehead atoms. The maximum atomic E-state index is 12.9. The Balaban J connectivity index is 2.20. The number of nitrogens with zero attached hydrogens (tertiary/aromatic N) is 2. The van der Waals surface area contributed by atoms with Crippen molar-refractivity contribution in [3.05, 3.63) is 76.7 Å². The number of hydrogen-bond donors (Lipinski definition) is 1. The fourth-order valence-corrected chi connectivity index (χ4v) is 3.04. The normalized spacial score (nSPS) is 10.7. The molecule has 0 aliphatic carbocycles. The zero-order chi connectivity index (χ0) is 16.6. The summed E-state index contributed by atoms with van der Waals surface area (Å²) in [6.45, 7) is 6.12. The van der Waals surface area contributed by atoms with Crippen molar-refractivity contribution >= 4 is 11.6 Å². The summed E-state index contributed by atoms with van der Waals surface area (Å²) in [5.41, 5.74) is 11.3. The van der Waals surface area contributed by atoms with Crippen LogP contribution in [0, 0.1) is 20.8 Å². The molecule has 3 rings (SSSR count). The van der Waals surface area contributed by atoms with E-state index in [1.54, 1.807) is 23.0 Å². The van der Waals surface area contributed by atoms with Gasteiger partial charge in [0, 0.05) is 5.56 Å². The lowest BCUT2D eigenvalue weighted by Crippen LogP contribution is -2.12. The third-order valence-electron chi connectivity index (χ3n) is 3.92. The summed E-state index contributed by atoms with van der Waals surface area (Å²) < 4.78 is 1.80. The van der Waals surface area contributed by atoms with Crippen LogP contribution < -0.4 is 5.73 Å². The average molecular weight is 305 g/mol. The Kier molecular flexibility index (Phi) is 3.74. The summed E-state index contributed by atoms with van der Waals surface area (Å²) in [6.07, 6.45) is 1.62. The van der Waals surface area contributed by atoms with E-state index in [1.165, 1.54) is 5.56 Å². The van der Waals surface area contributed by atoms with Crippen LogP contribution in [0.15, 0.2) is 48.8 Å². The summed E-state index contributed by atoms with van der Waals surface area (Å²) in [4.78, 5) is 17.0. The second-order valence-electron chi connectivity index (χ2n) is 5.79. The Hall–Kier alpha value is -2.88. The van der Waals surface area contributed by atoms with Gasteiger partial charge in [0.2, 0.25) is 5.78 Å². The lowest BCUT2D eigenvalue weighted by atomic mass is 10.0. The van der Waals surface area contributed by atoms with Crippen molar-refractivity contribution < 1.29 is 4.79 Å². The van der Waals surface area contributed by atoms with Crippen LogP contribution in [0.5, 0.6) is 0 Å². The predicted molar refractivity (Wildman–Crippen MR) is 92.1 cm³/mol. The van der Waals surface area contributed by atoms with Crippen LogP contribution in [0.3, 0.4) is 0 Å². The van der Waals surface area contributed by atoms with E-state index >= 15 is 0 Å². The molecule has 0 atom stereocenters. The Labute approximate surface area is 135 Å². The molecule has 0 saturated heterocycles. The Morgan fingerprint density at radius 1 is 1.04 bits per heavy atom. The molecule has 2 N–H and O–H groups in total. The topological polar surface area (TPSA) is 60.9 Å². The van der Waals surface area contributed by atoms with E-state index in [4.69, 9.17) is 5.73 Å². The van der Waals surface area contributed by atoms with Crippen LogP contribution in [0.4, 0.5) is 5.82 Å². The number of ketones is 1. The maximum absolute atomic E-state index is 12.9. The molecule has 116 valence electrons. The number of rotatable bonds is 3. The summed E-state index contributed by atoms with van der Waals surface area (Å²) in [6, 6.07) is 13.3. The van der Waals surface area contributed by atoms with Gasteiger partial charge in [-0.15, -0.1) is 0 Å². The van der Waals surface area contributed by atoms with Crippen LogP contribution in [0.2, 0.25) is 0 Å². The molecule has 0 saturated carbocycles. The van der Waals surface area contributed by atoms with E-state index in [9.17, 15) is 4.79 Å². The van der Waals surface area contributed by atoms with Gasteiger partial charge in [0.15, 0.2) is 5.82 Å². The molecule has 0 radical (unpaired) electrons. The Bertz CT molecular complexity index is 856. The highest BCUT2D eigenvalue weighted by Crippen LogP contribution is 2.26. The first-order valence-corrected chi connectivity index (χ1v) is 7.50. The average Bonchev–Trinajstić information content (AvgIpc) is 2.88. The standard InChI is InChI=1S/C19H19N3O/c1-12-9-13(2)16(14(3)10-12)22-11-21-19(20)17(22)18(23)15-7-5-4-6-8-15/h4-11H,20H2,1-3H3. The van der Waals surface area contributed by atoms with Gasteiger partial charge in [-0.05, 0) is 31.9 Å². The third kappa shape index (κ3) is 2.63. The van der Waals surface area contributed by atoms with Gasteiger partial charge in [0.05, 0.1) is 5.69 Å². The molecule has 0 unspecified atom stereocenters. The number of benzene rings is 2. The van der Waals surface area contributed by atoms with Crippen molar-refractivity contribution in [1.82, 2.24) is 9.55 Å². The Morgan fingerprint density at radius 3 is 2.26 bits per heavy atom. The molecular formula is C19H19N3O. The number of carbonyl (C=O) groups is 1. The minimum Gasteiger partial charge on any atom is -0.382 e. The van der Waals surface area contributed by atoms with Gasteiger partial charge in [0.25, 0.3) is 0 Å². The quantitative estimate of drug-likeness (QED) is 0.752. The SMILES string of the molecule is Cc1cc(C)c(-n2cnc(N)c2C(=O)c2ccccc2)c(C)c1. The van der Waals surface area contributed by atoms with Crippen molar-refractivity contribution in [3.63, 3.8) is 0 Å². The van der Waals surface area contributed by atoms with Crippen LogP contribution in [0.25, 0.3) is 5.69 Å². The maximum Gasteiger partial charge on any atom is 0.213 e. The van der Waals surface area contributed by atoms with Gasteiger partial charge in [0.1, 0.15) is 12.0 Å². The van der Waals surface area contributed by atoms with E-state index in [0.29, 0.717) is 11.3 Å². The summed E-state index contributed by atoms with van der Waals surface area (Å²) in [7, 11) is 0. The molecule has 0 aliphatic rings. The number of aryl methyl sites for hydroxylation is 3. The fourth-order valence-electron chi connectivity index (χ4n) is 3.04. The van der Waals surface area contributed by atoms with Crippen LogP contribution >= 0.6 is 0 Å². The first-order chi connectivity index (χ1) is 11.0. The monoisotopic (exact) mass is 305 g/mol. The fraction of sp³-hybridized carbons (Fsp3) is 0.158. The first kappa shape index (κ1) is 15.0. The molecule has 3 aromatic rings. The highest BCUT2D eigenvalue weighted by Gasteiger charge is 2.21. The van der Waals surface area contributed by atoms with Crippen LogP contribution in [-0.2, 0) is 0 Å². The highest BCUT2D eigenvalue weighted by molar-refractivity contribution is 6.10. The number of carbonyl (C=O) groups excluding carboxylic acids is 1. The molecule has 0 aliphatic heterocycles. The number of nitrogens with two attached hydrogens (primary N) is 1. The highest BCUT2D eigenvalue weighted by atomic mass is 16.1. The first-order valence-electron chi connectivity index (χ1n) is 7.50. The van der Waals surface area contributed by atoms with Gasteiger partial charge in [-0.2, -0.15) is 0 Å². The molecule has 1 heterocycles. The van der Waals surface area contributed by atoms with Crippen molar-refractivity contribution in [2.75, 3.05) is 5.73 Å². The summed E-state index contributed by atoms with van der Waals surface area (Å²) in [5.74, 6) is 0.123. The zero-order valence-electron chi connectivity index (χ0n) is 13.5. The molecule has 0 spiro atoms. The molecule has 4 heteroatoms. The number of imidazole rings is 1. The molecule has 23 heavy (non-hydrogen) atoms. The zero-order valence-corrected chi connectivity index (χ0v) is 13.5. The minimum atomic E-state index is -0.125. The van der Waals surface area contributed by atoms with Gasteiger partial charge >= 0.3 is 0 Å². The second kappa shape index (κ2) is 5.72. The second-order valence-corrected chi connectivity index (χ2v) is 5.79. The number of hydrogen-bond acceptors (Lipinski definition) is 3. The molecular weight excluding hydrogens is 286 g/mol. The lowest BCUT2D eigenvalue weighted by Gasteiger charge is -2.15. The van der Waals surface area contributed by atoms with E-state index < -0.39 is 0 Å². The van der Waals surface area contributed by atoms with Crippen molar-refractivity contribution in [1.29, 1.82) is 0 Å². The lowest BCUT2D eigenvalue weighted by molar-refractivity contribution is 0.103. The van der Waals surface area contributed by atoms with E-state index in [0.717, 1.165) is 16.8 Å². The molecule has 2 aromatic carbocycles. The van der Waals surface area contributed by atoms with Crippen molar-refractivity contribution in [3.8, 4) is 5.69 Å². The van der Waals surface area contributed by atoms with Gasteiger partial charge in [-0.25, -0.2) is 4.98 Å². The number of aromatic nitrogens is 2. The van der Waals surface area contributed by atoms with Gasteiger partial charge in [-0.3, -0.25) is 9.36 Å².